The first kappa shape index (κ1) is 14.8. The Morgan fingerprint density at radius 2 is 1.96 bits per heavy atom. The monoisotopic (exact) mass is 329 g/mol. The van der Waals surface area contributed by atoms with Crippen molar-refractivity contribution in [1.82, 2.24) is 15.1 Å². The largest absolute Gasteiger partial charge is 0.334 e. The van der Waals surface area contributed by atoms with Gasteiger partial charge in [0.25, 0.3) is 5.91 Å². The Morgan fingerprint density at radius 1 is 1.17 bits per heavy atom. The predicted octanol–water partition coefficient (Wildman–Crippen LogP) is 4.13. The number of carbonyl (C=O) groups is 1. The molecule has 0 spiro atoms. The van der Waals surface area contributed by atoms with Crippen LogP contribution in [0.1, 0.15) is 42.6 Å². The van der Waals surface area contributed by atoms with Crippen molar-refractivity contribution in [2.45, 2.75) is 38.1 Å². The van der Waals surface area contributed by atoms with Crippen LogP contribution >= 0.6 is 11.6 Å². The Morgan fingerprint density at radius 3 is 2.65 bits per heavy atom. The summed E-state index contributed by atoms with van der Waals surface area (Å²) < 4.78 is 0. The van der Waals surface area contributed by atoms with E-state index in [2.05, 4.69) is 15.1 Å². The van der Waals surface area contributed by atoms with Gasteiger partial charge >= 0.3 is 0 Å². The smallest absolute Gasteiger partial charge is 0.272 e. The Hall–Kier alpha value is -1.81. The van der Waals surface area contributed by atoms with Gasteiger partial charge in [-0.15, -0.1) is 0 Å². The Kier molecular flexibility index (Phi) is 3.85. The number of halogens is 1. The van der Waals surface area contributed by atoms with Crippen molar-refractivity contribution in [3.63, 3.8) is 0 Å². The second-order valence-electron chi connectivity index (χ2n) is 6.57. The number of aromatic nitrogens is 2. The van der Waals surface area contributed by atoms with Crippen LogP contribution in [0.5, 0.6) is 0 Å². The summed E-state index contributed by atoms with van der Waals surface area (Å²) in [5.41, 5.74) is 2.33. The minimum absolute atomic E-state index is 0.0899. The third kappa shape index (κ3) is 2.76. The van der Waals surface area contributed by atoms with Gasteiger partial charge in [0.15, 0.2) is 0 Å². The van der Waals surface area contributed by atoms with Crippen molar-refractivity contribution in [2.24, 2.45) is 5.92 Å². The first-order chi connectivity index (χ1) is 11.2. The van der Waals surface area contributed by atoms with E-state index in [1.165, 1.54) is 19.3 Å². The second kappa shape index (κ2) is 6.00. The first-order valence-corrected chi connectivity index (χ1v) is 8.72. The molecule has 4 nitrogen and oxygen atoms in total. The molecule has 2 heterocycles. The number of nitrogens with zero attached hydrogens (tertiary/aromatic N) is 2. The summed E-state index contributed by atoms with van der Waals surface area (Å²) in [7, 11) is 0. The topological polar surface area (TPSA) is 49.0 Å². The van der Waals surface area contributed by atoms with E-state index < -0.39 is 0 Å². The van der Waals surface area contributed by atoms with Gasteiger partial charge in [0.05, 0.1) is 5.69 Å². The molecule has 1 saturated heterocycles. The first-order valence-electron chi connectivity index (χ1n) is 8.35. The van der Waals surface area contributed by atoms with Crippen molar-refractivity contribution in [3.05, 3.63) is 41.0 Å². The molecule has 23 heavy (non-hydrogen) atoms. The van der Waals surface area contributed by atoms with Crippen LogP contribution in [0.4, 0.5) is 0 Å². The Balaban J connectivity index is 1.53. The number of nitrogens with one attached hydrogen (secondary N) is 1. The zero-order chi connectivity index (χ0) is 15.8. The summed E-state index contributed by atoms with van der Waals surface area (Å²) in [6, 6.07) is 9.78. The average Bonchev–Trinajstić information content (AvgIpc) is 3.15. The maximum absolute atomic E-state index is 12.8. The number of aromatic amines is 1. The fraction of sp³-hybridized carbons (Fsp3) is 0.444. The molecule has 1 saturated carbocycles. The zero-order valence-corrected chi connectivity index (χ0v) is 13.7. The molecule has 1 aromatic heterocycles. The molecule has 0 unspecified atom stereocenters. The number of rotatable bonds is 3. The highest BCUT2D eigenvalue weighted by Gasteiger charge is 2.37. The number of benzene rings is 1. The Labute approximate surface area is 140 Å². The maximum Gasteiger partial charge on any atom is 0.272 e. The van der Waals surface area contributed by atoms with Gasteiger partial charge in [-0.05, 0) is 49.8 Å². The van der Waals surface area contributed by atoms with Crippen LogP contribution in [-0.2, 0) is 0 Å². The summed E-state index contributed by atoms with van der Waals surface area (Å²) in [6.07, 6.45) is 6.12. The second-order valence-corrected chi connectivity index (χ2v) is 7.01. The lowest BCUT2D eigenvalue weighted by molar-refractivity contribution is 0.0620. The lowest BCUT2D eigenvalue weighted by atomic mass is 9.79. The molecule has 0 bridgehead atoms. The van der Waals surface area contributed by atoms with Gasteiger partial charge in [-0.1, -0.05) is 30.2 Å². The number of likely N-dealkylation sites (tertiary alicyclic amines) is 1. The van der Waals surface area contributed by atoms with E-state index in [4.69, 9.17) is 11.6 Å². The molecule has 120 valence electrons. The Bertz CT molecular complexity index is 705. The van der Waals surface area contributed by atoms with Crippen molar-refractivity contribution in [1.29, 1.82) is 0 Å². The third-order valence-electron chi connectivity index (χ3n) is 5.20. The van der Waals surface area contributed by atoms with Crippen LogP contribution in [0.25, 0.3) is 11.3 Å². The normalized spacial score (nSPS) is 21.4. The summed E-state index contributed by atoms with van der Waals surface area (Å²) in [5, 5.41) is 7.91. The third-order valence-corrected chi connectivity index (χ3v) is 5.45. The van der Waals surface area contributed by atoms with E-state index in [0.29, 0.717) is 22.7 Å². The molecule has 2 aliphatic rings. The SMILES string of the molecule is O=C(c1cc(-c2ccc(Cl)cc2)n[nH]1)N1CCC[C@H]1C1CCC1. The minimum Gasteiger partial charge on any atom is -0.334 e. The van der Waals surface area contributed by atoms with Gasteiger partial charge in [0.1, 0.15) is 5.69 Å². The summed E-state index contributed by atoms with van der Waals surface area (Å²) in [4.78, 5) is 14.9. The number of amides is 1. The number of hydrogen-bond donors (Lipinski definition) is 1. The van der Waals surface area contributed by atoms with Gasteiger partial charge in [-0.3, -0.25) is 9.89 Å². The lowest BCUT2D eigenvalue weighted by Crippen LogP contribution is -2.42. The number of hydrogen-bond acceptors (Lipinski definition) is 2. The van der Waals surface area contributed by atoms with E-state index in [-0.39, 0.29) is 5.91 Å². The average molecular weight is 330 g/mol. The number of carbonyl (C=O) groups excluding carboxylic acids is 1. The van der Waals surface area contributed by atoms with Gasteiger partial charge in [-0.25, -0.2) is 0 Å². The zero-order valence-electron chi connectivity index (χ0n) is 13.0. The van der Waals surface area contributed by atoms with Crippen LogP contribution in [-0.4, -0.2) is 33.6 Å². The van der Waals surface area contributed by atoms with Gasteiger partial charge < -0.3 is 4.90 Å². The van der Waals surface area contributed by atoms with Crippen LogP contribution in [0.3, 0.4) is 0 Å². The fourth-order valence-electron chi connectivity index (χ4n) is 3.71. The predicted molar refractivity (Wildman–Crippen MR) is 90.4 cm³/mol. The van der Waals surface area contributed by atoms with Crippen molar-refractivity contribution in [2.75, 3.05) is 6.54 Å². The van der Waals surface area contributed by atoms with Crippen LogP contribution in [0.15, 0.2) is 30.3 Å². The van der Waals surface area contributed by atoms with Crippen LogP contribution in [0, 0.1) is 5.92 Å². The van der Waals surface area contributed by atoms with E-state index in [1.807, 2.05) is 30.3 Å². The molecule has 1 amide bonds. The van der Waals surface area contributed by atoms with Crippen molar-refractivity contribution < 1.29 is 4.79 Å². The quantitative estimate of drug-likeness (QED) is 0.920. The molecule has 2 aromatic rings. The van der Waals surface area contributed by atoms with Gasteiger partial charge in [0, 0.05) is 23.2 Å². The van der Waals surface area contributed by atoms with Crippen molar-refractivity contribution in [3.8, 4) is 11.3 Å². The van der Waals surface area contributed by atoms with E-state index in [9.17, 15) is 4.79 Å². The summed E-state index contributed by atoms with van der Waals surface area (Å²) >= 11 is 5.92. The summed E-state index contributed by atoms with van der Waals surface area (Å²) in [6.45, 7) is 0.870. The van der Waals surface area contributed by atoms with Crippen molar-refractivity contribution >= 4 is 17.5 Å². The molecule has 1 atom stereocenters. The van der Waals surface area contributed by atoms with Crippen LogP contribution < -0.4 is 0 Å². The molecule has 1 aliphatic heterocycles. The highest BCUT2D eigenvalue weighted by Crippen LogP contribution is 2.37. The van der Waals surface area contributed by atoms with E-state index >= 15 is 0 Å². The molecular formula is C18H20ClN3O. The molecule has 1 N–H and O–H groups in total. The van der Waals surface area contributed by atoms with E-state index in [0.717, 1.165) is 30.6 Å². The molecule has 5 heteroatoms. The fourth-order valence-corrected chi connectivity index (χ4v) is 3.84. The molecule has 4 rings (SSSR count). The minimum atomic E-state index is 0.0899. The lowest BCUT2D eigenvalue weighted by Gasteiger charge is -2.36. The van der Waals surface area contributed by atoms with Gasteiger partial charge in [0.2, 0.25) is 0 Å². The highest BCUT2D eigenvalue weighted by atomic mass is 35.5. The maximum atomic E-state index is 12.8. The van der Waals surface area contributed by atoms with Crippen LogP contribution in [0.2, 0.25) is 5.02 Å². The van der Waals surface area contributed by atoms with Gasteiger partial charge in [-0.2, -0.15) is 5.10 Å². The summed E-state index contributed by atoms with van der Waals surface area (Å²) in [5.74, 6) is 0.798. The molecule has 2 fully saturated rings. The number of H-pyrrole nitrogens is 1. The molecule has 1 aliphatic carbocycles. The molecule has 1 aromatic carbocycles. The standard InChI is InChI=1S/C18H20ClN3O/c19-14-8-6-12(7-9-14)15-11-16(21-20-15)18(23)22-10-2-5-17(22)13-3-1-4-13/h6-9,11,13,17H,1-5,10H2,(H,20,21)/t17-/m0/s1. The highest BCUT2D eigenvalue weighted by molar-refractivity contribution is 6.30. The molecular weight excluding hydrogens is 310 g/mol. The van der Waals surface area contributed by atoms with E-state index in [1.54, 1.807) is 0 Å². The molecule has 0 radical (unpaired) electrons.